The van der Waals surface area contributed by atoms with Crippen molar-refractivity contribution in [3.05, 3.63) is 42.5 Å². The van der Waals surface area contributed by atoms with Gasteiger partial charge in [-0.3, -0.25) is 9.59 Å². The number of rotatable bonds is 7. The molecular weight excluding hydrogens is 254 g/mol. The number of esters is 1. The zero-order chi connectivity index (χ0) is 15.0. The summed E-state index contributed by atoms with van der Waals surface area (Å²) in [6.45, 7) is 7.61. The van der Waals surface area contributed by atoms with Crippen LogP contribution in [0.2, 0.25) is 0 Å². The summed E-state index contributed by atoms with van der Waals surface area (Å²) in [6, 6.07) is 7.24. The Hall–Kier alpha value is -2.10. The molecule has 108 valence electrons. The number of carbonyl (C=O) groups excluding carboxylic acids is 2. The van der Waals surface area contributed by atoms with Crippen molar-refractivity contribution in [3.8, 4) is 0 Å². The van der Waals surface area contributed by atoms with E-state index in [0.29, 0.717) is 12.3 Å². The molecule has 4 nitrogen and oxygen atoms in total. The highest BCUT2D eigenvalue weighted by molar-refractivity contribution is 5.98. The van der Waals surface area contributed by atoms with Crippen LogP contribution in [-0.4, -0.2) is 18.5 Å². The number of anilines is 1. The minimum atomic E-state index is -0.256. The lowest BCUT2D eigenvalue weighted by atomic mass is 9.94. The number of carbonyl (C=O) groups is 2. The number of hydrogen-bond acceptors (Lipinski definition) is 3. The summed E-state index contributed by atoms with van der Waals surface area (Å²) in [5.41, 5.74) is 1.58. The number of amides is 1. The van der Waals surface area contributed by atoms with Crippen molar-refractivity contribution in [2.75, 3.05) is 11.9 Å². The van der Waals surface area contributed by atoms with Crippen LogP contribution in [0, 0.1) is 0 Å². The minimum absolute atomic E-state index is 0.197. The zero-order valence-corrected chi connectivity index (χ0v) is 12.0. The molecule has 0 aliphatic heterocycles. The fraction of sp³-hybridized carbons (Fsp3) is 0.375. The van der Waals surface area contributed by atoms with Crippen molar-refractivity contribution in [1.29, 1.82) is 0 Å². The fourth-order valence-corrected chi connectivity index (χ4v) is 1.94. The SMILES string of the molecule is C=CC(=O)Nc1ccc(C(CCC)C(=O)OCC)cc1. The lowest BCUT2D eigenvalue weighted by Crippen LogP contribution is -2.16. The first kappa shape index (κ1) is 16.0. The van der Waals surface area contributed by atoms with Gasteiger partial charge in [0.05, 0.1) is 12.5 Å². The maximum Gasteiger partial charge on any atom is 0.313 e. The Kier molecular flexibility index (Phi) is 6.50. The van der Waals surface area contributed by atoms with E-state index in [4.69, 9.17) is 4.74 Å². The Balaban J connectivity index is 2.84. The van der Waals surface area contributed by atoms with Gasteiger partial charge in [-0.1, -0.05) is 32.1 Å². The van der Waals surface area contributed by atoms with Crippen LogP contribution in [0.4, 0.5) is 5.69 Å². The number of nitrogens with one attached hydrogen (secondary N) is 1. The molecule has 1 unspecified atom stereocenters. The zero-order valence-electron chi connectivity index (χ0n) is 12.0. The van der Waals surface area contributed by atoms with Gasteiger partial charge in [0.1, 0.15) is 0 Å². The van der Waals surface area contributed by atoms with Crippen LogP contribution in [0.25, 0.3) is 0 Å². The van der Waals surface area contributed by atoms with Gasteiger partial charge < -0.3 is 10.1 Å². The van der Waals surface area contributed by atoms with E-state index >= 15 is 0 Å². The Bertz CT molecular complexity index is 465. The average Bonchev–Trinajstić information content (AvgIpc) is 2.46. The monoisotopic (exact) mass is 275 g/mol. The Morgan fingerprint density at radius 3 is 2.45 bits per heavy atom. The van der Waals surface area contributed by atoms with E-state index in [-0.39, 0.29) is 17.8 Å². The van der Waals surface area contributed by atoms with Crippen molar-refractivity contribution in [1.82, 2.24) is 0 Å². The third kappa shape index (κ3) is 4.53. The van der Waals surface area contributed by atoms with Gasteiger partial charge >= 0.3 is 5.97 Å². The van der Waals surface area contributed by atoms with Crippen LogP contribution < -0.4 is 5.32 Å². The highest BCUT2D eigenvalue weighted by Gasteiger charge is 2.20. The largest absolute Gasteiger partial charge is 0.466 e. The molecule has 1 aromatic rings. The summed E-state index contributed by atoms with van der Waals surface area (Å²) in [5.74, 6) is -0.699. The van der Waals surface area contributed by atoms with Crippen LogP contribution in [0.5, 0.6) is 0 Å². The van der Waals surface area contributed by atoms with Gasteiger partial charge in [0.25, 0.3) is 0 Å². The molecule has 1 amide bonds. The Morgan fingerprint density at radius 1 is 1.30 bits per heavy atom. The van der Waals surface area contributed by atoms with E-state index < -0.39 is 0 Å². The van der Waals surface area contributed by atoms with Crippen LogP contribution in [0.1, 0.15) is 38.2 Å². The van der Waals surface area contributed by atoms with Crippen molar-refractivity contribution >= 4 is 17.6 Å². The number of ether oxygens (including phenoxy) is 1. The summed E-state index contributed by atoms with van der Waals surface area (Å²) in [5, 5.41) is 2.67. The quantitative estimate of drug-likeness (QED) is 0.614. The molecule has 1 atom stereocenters. The minimum Gasteiger partial charge on any atom is -0.466 e. The van der Waals surface area contributed by atoms with Gasteiger partial charge in [0.2, 0.25) is 5.91 Å². The molecule has 0 saturated carbocycles. The molecule has 0 aromatic heterocycles. The molecule has 1 aromatic carbocycles. The average molecular weight is 275 g/mol. The second-order valence-corrected chi connectivity index (χ2v) is 4.41. The maximum absolute atomic E-state index is 11.9. The molecule has 0 saturated heterocycles. The lowest BCUT2D eigenvalue weighted by molar-refractivity contribution is -0.145. The first-order valence-electron chi connectivity index (χ1n) is 6.82. The molecule has 1 rings (SSSR count). The molecule has 0 spiro atoms. The molecule has 1 N–H and O–H groups in total. The summed E-state index contributed by atoms with van der Waals surface area (Å²) in [4.78, 5) is 23.1. The third-order valence-corrected chi connectivity index (χ3v) is 2.91. The van der Waals surface area contributed by atoms with E-state index in [1.807, 2.05) is 19.1 Å². The number of benzene rings is 1. The summed E-state index contributed by atoms with van der Waals surface area (Å²) < 4.78 is 5.10. The van der Waals surface area contributed by atoms with E-state index in [1.165, 1.54) is 6.08 Å². The molecule has 0 fully saturated rings. The summed E-state index contributed by atoms with van der Waals surface area (Å²) in [6.07, 6.45) is 2.86. The maximum atomic E-state index is 11.9. The molecule has 0 aliphatic rings. The molecule has 0 bridgehead atoms. The summed E-state index contributed by atoms with van der Waals surface area (Å²) in [7, 11) is 0. The highest BCUT2D eigenvalue weighted by atomic mass is 16.5. The van der Waals surface area contributed by atoms with Gasteiger partial charge in [-0.05, 0) is 37.1 Å². The first-order chi connectivity index (χ1) is 9.62. The summed E-state index contributed by atoms with van der Waals surface area (Å²) >= 11 is 0. The van der Waals surface area contributed by atoms with E-state index in [9.17, 15) is 9.59 Å². The van der Waals surface area contributed by atoms with Crippen LogP contribution in [0.3, 0.4) is 0 Å². The van der Waals surface area contributed by atoms with Crippen molar-refractivity contribution < 1.29 is 14.3 Å². The smallest absolute Gasteiger partial charge is 0.313 e. The van der Waals surface area contributed by atoms with Crippen LogP contribution >= 0.6 is 0 Å². The second kappa shape index (κ2) is 8.15. The van der Waals surface area contributed by atoms with E-state index in [0.717, 1.165) is 18.4 Å². The number of hydrogen-bond donors (Lipinski definition) is 1. The molecular formula is C16H21NO3. The van der Waals surface area contributed by atoms with E-state index in [2.05, 4.69) is 11.9 Å². The topological polar surface area (TPSA) is 55.4 Å². The highest BCUT2D eigenvalue weighted by Crippen LogP contribution is 2.24. The van der Waals surface area contributed by atoms with E-state index in [1.54, 1.807) is 19.1 Å². The predicted molar refractivity (Wildman–Crippen MR) is 79.6 cm³/mol. The Labute approximate surface area is 119 Å². The predicted octanol–water partition coefficient (Wildman–Crippen LogP) is 3.26. The van der Waals surface area contributed by atoms with Gasteiger partial charge in [0, 0.05) is 5.69 Å². The Morgan fingerprint density at radius 2 is 1.95 bits per heavy atom. The standard InChI is InChI=1S/C16H21NO3/c1-4-7-14(16(19)20-6-3)12-8-10-13(11-9-12)17-15(18)5-2/h5,8-11,14H,2,4,6-7H2,1,3H3,(H,17,18). The second-order valence-electron chi connectivity index (χ2n) is 4.41. The van der Waals surface area contributed by atoms with Gasteiger partial charge in [-0.2, -0.15) is 0 Å². The van der Waals surface area contributed by atoms with Crippen molar-refractivity contribution in [2.24, 2.45) is 0 Å². The molecule has 0 aliphatic carbocycles. The lowest BCUT2D eigenvalue weighted by Gasteiger charge is -2.15. The van der Waals surface area contributed by atoms with Crippen molar-refractivity contribution in [3.63, 3.8) is 0 Å². The van der Waals surface area contributed by atoms with Crippen LogP contribution in [0.15, 0.2) is 36.9 Å². The van der Waals surface area contributed by atoms with Crippen LogP contribution in [-0.2, 0) is 14.3 Å². The van der Waals surface area contributed by atoms with Crippen molar-refractivity contribution in [2.45, 2.75) is 32.6 Å². The fourth-order valence-electron chi connectivity index (χ4n) is 1.94. The normalized spacial score (nSPS) is 11.5. The molecule has 20 heavy (non-hydrogen) atoms. The molecule has 4 heteroatoms. The molecule has 0 radical (unpaired) electrons. The van der Waals surface area contributed by atoms with Gasteiger partial charge in [-0.25, -0.2) is 0 Å². The third-order valence-electron chi connectivity index (χ3n) is 2.91. The van der Waals surface area contributed by atoms with Gasteiger partial charge in [-0.15, -0.1) is 0 Å². The first-order valence-corrected chi connectivity index (χ1v) is 6.82. The van der Waals surface area contributed by atoms with Gasteiger partial charge in [0.15, 0.2) is 0 Å². The molecule has 0 heterocycles.